The van der Waals surface area contributed by atoms with Gasteiger partial charge >= 0.3 is 6.18 Å². The normalized spacial score (nSPS) is 21.1. The molecule has 2 aliphatic heterocycles. The van der Waals surface area contributed by atoms with Crippen LogP contribution in [-0.4, -0.2) is 68.1 Å². The lowest BCUT2D eigenvalue weighted by Crippen LogP contribution is -2.59. The second-order valence-corrected chi connectivity index (χ2v) is 7.02. The molecule has 3 rings (SSSR count). The molecule has 0 radical (unpaired) electrons. The first kappa shape index (κ1) is 20.8. The fourth-order valence-electron chi connectivity index (χ4n) is 3.51. The Hall–Kier alpha value is -1.88. The molecule has 2 fully saturated rings. The summed E-state index contributed by atoms with van der Waals surface area (Å²) in [6.07, 6.45) is -3.59. The van der Waals surface area contributed by atoms with E-state index in [2.05, 4.69) is 0 Å². The summed E-state index contributed by atoms with van der Waals surface area (Å²) in [7, 11) is 1.71. The Bertz CT molecular complexity index is 687. The van der Waals surface area contributed by atoms with E-state index in [1.54, 1.807) is 13.1 Å². The molecule has 28 heavy (non-hydrogen) atoms. The quantitative estimate of drug-likeness (QED) is 0.756. The second-order valence-electron chi connectivity index (χ2n) is 7.02. The van der Waals surface area contributed by atoms with Crippen LogP contribution in [0, 0.1) is 0 Å². The molecule has 0 unspecified atom stereocenters. The SMILES string of the molecule is CN(OC1(C(N)=O)CCOCC1)N1CCN(c2cccc(C(F)(F)F)c2)CC1. The van der Waals surface area contributed by atoms with Gasteiger partial charge in [-0.05, 0) is 18.2 Å². The van der Waals surface area contributed by atoms with Crippen LogP contribution >= 0.6 is 0 Å². The highest BCUT2D eigenvalue weighted by molar-refractivity contribution is 5.83. The summed E-state index contributed by atoms with van der Waals surface area (Å²) in [6, 6.07) is 5.33. The molecule has 1 aromatic carbocycles. The molecule has 2 aliphatic rings. The fraction of sp³-hybridized carbons (Fsp3) is 0.611. The Morgan fingerprint density at radius 3 is 2.43 bits per heavy atom. The first-order chi connectivity index (χ1) is 13.2. The minimum Gasteiger partial charge on any atom is -0.381 e. The molecular formula is C18H25F3N4O3. The summed E-state index contributed by atoms with van der Waals surface area (Å²) in [5, 5.41) is 3.43. The zero-order valence-corrected chi connectivity index (χ0v) is 15.7. The van der Waals surface area contributed by atoms with Crippen molar-refractivity contribution >= 4 is 11.6 Å². The van der Waals surface area contributed by atoms with E-state index < -0.39 is 23.2 Å². The van der Waals surface area contributed by atoms with Crippen LogP contribution in [-0.2, 0) is 20.5 Å². The molecule has 2 N–H and O–H groups in total. The Morgan fingerprint density at radius 1 is 1.21 bits per heavy atom. The van der Waals surface area contributed by atoms with Gasteiger partial charge in [-0.25, -0.2) is 5.01 Å². The average molecular weight is 402 g/mol. The van der Waals surface area contributed by atoms with Gasteiger partial charge in [-0.15, -0.1) is 5.17 Å². The van der Waals surface area contributed by atoms with Crippen molar-refractivity contribution in [2.24, 2.45) is 5.73 Å². The van der Waals surface area contributed by atoms with Crippen LogP contribution in [0.3, 0.4) is 0 Å². The van der Waals surface area contributed by atoms with E-state index in [0.29, 0.717) is 57.9 Å². The molecule has 0 spiro atoms. The van der Waals surface area contributed by atoms with E-state index in [4.69, 9.17) is 15.3 Å². The third-order valence-corrected chi connectivity index (χ3v) is 5.25. The zero-order valence-electron chi connectivity index (χ0n) is 15.7. The number of carbonyl (C=O) groups is 1. The van der Waals surface area contributed by atoms with Crippen molar-refractivity contribution in [1.29, 1.82) is 0 Å². The number of rotatable bonds is 5. The lowest BCUT2D eigenvalue weighted by molar-refractivity contribution is -0.328. The molecule has 0 bridgehead atoms. The second kappa shape index (κ2) is 8.24. The topological polar surface area (TPSA) is 71.3 Å². The van der Waals surface area contributed by atoms with E-state index in [-0.39, 0.29) is 0 Å². The molecule has 156 valence electrons. The number of primary amides is 1. The molecular weight excluding hydrogens is 377 g/mol. The van der Waals surface area contributed by atoms with Crippen LogP contribution in [0.4, 0.5) is 18.9 Å². The smallest absolute Gasteiger partial charge is 0.381 e. The van der Waals surface area contributed by atoms with Gasteiger partial charge in [-0.2, -0.15) is 13.2 Å². The van der Waals surface area contributed by atoms with E-state index in [1.807, 2.05) is 9.91 Å². The van der Waals surface area contributed by atoms with Gasteiger partial charge in [0.25, 0.3) is 5.91 Å². The van der Waals surface area contributed by atoms with Gasteiger partial charge in [0.05, 0.1) is 5.56 Å². The van der Waals surface area contributed by atoms with E-state index in [0.717, 1.165) is 6.07 Å². The number of carbonyl (C=O) groups excluding carboxylic acids is 1. The summed E-state index contributed by atoms with van der Waals surface area (Å²) >= 11 is 0. The number of hydroxylamine groups is 1. The zero-order chi connectivity index (χ0) is 20.4. The maximum absolute atomic E-state index is 12.9. The Balaban J connectivity index is 1.60. The summed E-state index contributed by atoms with van der Waals surface area (Å²) in [6.45, 7) is 2.94. The maximum atomic E-state index is 12.9. The van der Waals surface area contributed by atoms with E-state index in [1.165, 1.54) is 17.3 Å². The predicted molar refractivity (Wildman–Crippen MR) is 96.1 cm³/mol. The van der Waals surface area contributed by atoms with Crippen molar-refractivity contribution in [1.82, 2.24) is 10.2 Å². The van der Waals surface area contributed by atoms with E-state index >= 15 is 0 Å². The fourth-order valence-corrected chi connectivity index (χ4v) is 3.51. The Morgan fingerprint density at radius 2 is 1.86 bits per heavy atom. The number of halogens is 3. The number of amides is 1. The summed E-state index contributed by atoms with van der Waals surface area (Å²) in [5.41, 5.74) is 4.35. The van der Waals surface area contributed by atoms with Gasteiger partial charge < -0.3 is 15.4 Å². The number of anilines is 1. The van der Waals surface area contributed by atoms with Gasteiger partial charge in [0.15, 0.2) is 5.60 Å². The number of nitrogens with two attached hydrogens (primary N) is 1. The highest BCUT2D eigenvalue weighted by Crippen LogP contribution is 2.32. The monoisotopic (exact) mass is 402 g/mol. The molecule has 10 heteroatoms. The first-order valence-corrected chi connectivity index (χ1v) is 9.19. The minimum atomic E-state index is -4.36. The van der Waals surface area contributed by atoms with Gasteiger partial charge in [-0.1, -0.05) is 6.07 Å². The highest BCUT2D eigenvalue weighted by atomic mass is 19.4. The number of hydrogen-bond donors (Lipinski definition) is 1. The van der Waals surface area contributed by atoms with Crippen molar-refractivity contribution in [3.05, 3.63) is 29.8 Å². The third-order valence-electron chi connectivity index (χ3n) is 5.25. The van der Waals surface area contributed by atoms with Crippen LogP contribution in [0.5, 0.6) is 0 Å². The van der Waals surface area contributed by atoms with Gasteiger partial charge in [0, 0.05) is 65.0 Å². The number of nitrogens with zero attached hydrogens (tertiary/aromatic N) is 3. The lowest BCUT2D eigenvalue weighted by atomic mass is 9.94. The Labute approximate surface area is 161 Å². The van der Waals surface area contributed by atoms with Crippen molar-refractivity contribution < 1.29 is 27.5 Å². The Kier molecular flexibility index (Phi) is 6.13. The number of hydrogen-bond acceptors (Lipinski definition) is 6. The third kappa shape index (κ3) is 4.57. The summed E-state index contributed by atoms with van der Waals surface area (Å²) in [5.74, 6) is -0.523. The highest BCUT2D eigenvalue weighted by Gasteiger charge is 2.42. The number of piperazine rings is 1. The van der Waals surface area contributed by atoms with Crippen LogP contribution < -0.4 is 10.6 Å². The lowest BCUT2D eigenvalue weighted by Gasteiger charge is -2.43. The molecule has 1 amide bonds. The molecule has 7 nitrogen and oxygen atoms in total. The van der Waals surface area contributed by atoms with Crippen molar-refractivity contribution in [2.75, 3.05) is 51.3 Å². The number of alkyl halides is 3. The summed E-state index contributed by atoms with van der Waals surface area (Å²) < 4.78 is 44.1. The number of ether oxygens (including phenoxy) is 1. The van der Waals surface area contributed by atoms with Crippen LogP contribution in [0.25, 0.3) is 0 Å². The predicted octanol–water partition coefficient (Wildman–Crippen LogP) is 1.64. The van der Waals surface area contributed by atoms with Crippen molar-refractivity contribution in [3.63, 3.8) is 0 Å². The van der Waals surface area contributed by atoms with Crippen LogP contribution in [0.1, 0.15) is 18.4 Å². The first-order valence-electron chi connectivity index (χ1n) is 9.19. The van der Waals surface area contributed by atoms with Crippen molar-refractivity contribution in [3.8, 4) is 0 Å². The van der Waals surface area contributed by atoms with Gasteiger partial charge in [0.2, 0.25) is 0 Å². The number of benzene rings is 1. The van der Waals surface area contributed by atoms with E-state index in [9.17, 15) is 18.0 Å². The van der Waals surface area contributed by atoms with Crippen LogP contribution in [0.15, 0.2) is 24.3 Å². The molecule has 0 aromatic heterocycles. The van der Waals surface area contributed by atoms with Gasteiger partial charge in [0.1, 0.15) is 0 Å². The summed E-state index contributed by atoms with van der Waals surface area (Å²) in [4.78, 5) is 19.8. The van der Waals surface area contributed by atoms with Crippen LogP contribution in [0.2, 0.25) is 0 Å². The van der Waals surface area contributed by atoms with Gasteiger partial charge in [-0.3, -0.25) is 9.63 Å². The number of hydrazine groups is 1. The maximum Gasteiger partial charge on any atom is 0.416 e. The molecule has 1 aromatic rings. The molecule has 2 saturated heterocycles. The standard InChI is InChI=1S/C18H25F3N4O3/c1-23(28-17(16(22)26)5-11-27-12-6-17)25-9-7-24(8-10-25)15-4-2-3-14(13-15)18(19,20)21/h2-4,13H,5-12H2,1H3,(H2,22,26). The van der Waals surface area contributed by atoms with Crippen molar-refractivity contribution in [2.45, 2.75) is 24.6 Å². The largest absolute Gasteiger partial charge is 0.416 e. The molecule has 0 aliphatic carbocycles. The average Bonchev–Trinajstić information content (AvgIpc) is 2.68. The molecule has 0 saturated carbocycles. The molecule has 0 atom stereocenters. The minimum absolute atomic E-state index is 0.386. The molecule has 2 heterocycles.